The van der Waals surface area contributed by atoms with E-state index in [-0.39, 0.29) is 11.9 Å². The molecule has 1 heterocycles. The fraction of sp³-hybridized carbons (Fsp3) is 0.250. The van der Waals surface area contributed by atoms with E-state index in [2.05, 4.69) is 41.7 Å². The fourth-order valence-corrected chi connectivity index (χ4v) is 3.86. The highest BCUT2D eigenvalue weighted by Crippen LogP contribution is 2.36. The Morgan fingerprint density at radius 1 is 0.893 bits per heavy atom. The van der Waals surface area contributed by atoms with Crippen LogP contribution in [0.1, 0.15) is 22.7 Å². The summed E-state index contributed by atoms with van der Waals surface area (Å²) in [5.41, 5.74) is 5.94. The molecule has 3 aromatic carbocycles. The number of halogens is 1. The van der Waals surface area contributed by atoms with E-state index in [9.17, 15) is 4.39 Å². The minimum atomic E-state index is -0.213. The van der Waals surface area contributed by atoms with Crippen LogP contribution in [-0.2, 0) is 12.8 Å². The molecule has 0 fully saturated rings. The molecule has 1 N–H and O–H groups in total. The standard InChI is InChI=1S/C24H24FNO2/c1-27-23-14-19-11-12-26-22(21(19)15-24(23)28-2)13-16-3-5-17(6-4-16)18-7-9-20(25)10-8-18/h3-10,14-15,22,26H,11-13H2,1-2H3. The van der Waals surface area contributed by atoms with Crippen LogP contribution in [0.3, 0.4) is 0 Å². The van der Waals surface area contributed by atoms with Crippen molar-refractivity contribution in [2.45, 2.75) is 18.9 Å². The predicted octanol–water partition coefficient (Wildman–Crippen LogP) is 4.94. The zero-order chi connectivity index (χ0) is 19.5. The van der Waals surface area contributed by atoms with E-state index in [1.165, 1.54) is 28.8 Å². The van der Waals surface area contributed by atoms with Gasteiger partial charge in [0.2, 0.25) is 0 Å². The second-order valence-electron chi connectivity index (χ2n) is 7.07. The number of hydrogen-bond acceptors (Lipinski definition) is 3. The van der Waals surface area contributed by atoms with Gasteiger partial charge in [-0.2, -0.15) is 0 Å². The van der Waals surface area contributed by atoms with Crippen LogP contribution in [0.4, 0.5) is 4.39 Å². The summed E-state index contributed by atoms with van der Waals surface area (Å²) >= 11 is 0. The van der Waals surface area contributed by atoms with Crippen LogP contribution in [0.25, 0.3) is 11.1 Å². The molecule has 0 saturated heterocycles. The number of benzene rings is 3. The van der Waals surface area contributed by atoms with Crippen LogP contribution < -0.4 is 14.8 Å². The highest BCUT2D eigenvalue weighted by Gasteiger charge is 2.22. The van der Waals surface area contributed by atoms with Crippen molar-refractivity contribution >= 4 is 0 Å². The fourth-order valence-electron chi connectivity index (χ4n) is 3.86. The van der Waals surface area contributed by atoms with Gasteiger partial charge in [0.05, 0.1) is 14.2 Å². The molecule has 1 aliphatic rings. The molecular formula is C24H24FNO2. The average molecular weight is 377 g/mol. The molecule has 0 bridgehead atoms. The van der Waals surface area contributed by atoms with E-state index in [1.807, 2.05) is 12.1 Å². The molecule has 1 atom stereocenters. The lowest BCUT2D eigenvalue weighted by Gasteiger charge is -2.28. The van der Waals surface area contributed by atoms with Crippen molar-refractivity contribution in [3.8, 4) is 22.6 Å². The third kappa shape index (κ3) is 3.73. The van der Waals surface area contributed by atoms with Crippen molar-refractivity contribution in [3.63, 3.8) is 0 Å². The van der Waals surface area contributed by atoms with Crippen LogP contribution >= 0.6 is 0 Å². The second kappa shape index (κ2) is 8.03. The van der Waals surface area contributed by atoms with Crippen LogP contribution in [0, 0.1) is 5.82 Å². The number of fused-ring (bicyclic) bond motifs is 1. The molecule has 4 rings (SSSR count). The Bertz CT molecular complexity index is 952. The van der Waals surface area contributed by atoms with Gasteiger partial charge in [-0.05, 0) is 71.5 Å². The number of ether oxygens (including phenoxy) is 2. The van der Waals surface area contributed by atoms with E-state index >= 15 is 0 Å². The summed E-state index contributed by atoms with van der Waals surface area (Å²) in [6.45, 7) is 0.945. The van der Waals surface area contributed by atoms with Crippen molar-refractivity contribution < 1.29 is 13.9 Å². The van der Waals surface area contributed by atoms with Gasteiger partial charge in [0, 0.05) is 6.04 Å². The Balaban J connectivity index is 1.56. The number of methoxy groups -OCH3 is 2. The Kier molecular flexibility index (Phi) is 5.31. The van der Waals surface area contributed by atoms with Gasteiger partial charge in [-0.15, -0.1) is 0 Å². The maximum Gasteiger partial charge on any atom is 0.161 e. The average Bonchev–Trinajstić information content (AvgIpc) is 2.74. The van der Waals surface area contributed by atoms with Crippen molar-refractivity contribution in [1.82, 2.24) is 5.32 Å². The topological polar surface area (TPSA) is 30.5 Å². The predicted molar refractivity (Wildman–Crippen MR) is 110 cm³/mol. The summed E-state index contributed by atoms with van der Waals surface area (Å²) in [5.74, 6) is 1.33. The normalized spacial score (nSPS) is 15.8. The van der Waals surface area contributed by atoms with Gasteiger partial charge in [-0.25, -0.2) is 4.39 Å². The summed E-state index contributed by atoms with van der Waals surface area (Å²) < 4.78 is 24.1. The Morgan fingerprint density at radius 2 is 1.50 bits per heavy atom. The van der Waals surface area contributed by atoms with Gasteiger partial charge in [0.25, 0.3) is 0 Å². The van der Waals surface area contributed by atoms with Gasteiger partial charge in [-0.1, -0.05) is 36.4 Å². The quantitative estimate of drug-likeness (QED) is 0.683. The Hall–Kier alpha value is -2.85. The minimum absolute atomic E-state index is 0.213. The van der Waals surface area contributed by atoms with E-state index in [0.29, 0.717) is 0 Å². The largest absolute Gasteiger partial charge is 0.493 e. The maximum atomic E-state index is 13.1. The molecule has 144 valence electrons. The number of nitrogens with one attached hydrogen (secondary N) is 1. The number of rotatable bonds is 5. The lowest BCUT2D eigenvalue weighted by molar-refractivity contribution is 0.352. The van der Waals surface area contributed by atoms with Gasteiger partial charge in [0.1, 0.15) is 5.82 Å². The molecule has 0 aliphatic carbocycles. The third-order valence-electron chi connectivity index (χ3n) is 5.38. The zero-order valence-electron chi connectivity index (χ0n) is 16.2. The Morgan fingerprint density at radius 3 is 2.14 bits per heavy atom. The lowest BCUT2D eigenvalue weighted by Crippen LogP contribution is -2.31. The van der Waals surface area contributed by atoms with Crippen molar-refractivity contribution in [2.75, 3.05) is 20.8 Å². The zero-order valence-corrected chi connectivity index (χ0v) is 16.2. The van der Waals surface area contributed by atoms with Gasteiger partial charge in [0.15, 0.2) is 11.5 Å². The molecule has 3 nitrogen and oxygen atoms in total. The summed E-state index contributed by atoms with van der Waals surface area (Å²) in [5, 5.41) is 3.63. The molecular weight excluding hydrogens is 353 g/mol. The van der Waals surface area contributed by atoms with E-state index < -0.39 is 0 Å². The molecule has 1 unspecified atom stereocenters. The van der Waals surface area contributed by atoms with E-state index in [0.717, 1.165) is 42.0 Å². The van der Waals surface area contributed by atoms with Gasteiger partial charge >= 0.3 is 0 Å². The molecule has 4 heteroatoms. The van der Waals surface area contributed by atoms with Crippen molar-refractivity contribution in [1.29, 1.82) is 0 Å². The SMILES string of the molecule is COc1cc2c(cc1OC)C(Cc1ccc(-c3ccc(F)cc3)cc1)NCC2. The minimum Gasteiger partial charge on any atom is -0.493 e. The summed E-state index contributed by atoms with van der Waals surface area (Å²) in [4.78, 5) is 0. The van der Waals surface area contributed by atoms with E-state index in [4.69, 9.17) is 9.47 Å². The first-order valence-corrected chi connectivity index (χ1v) is 9.51. The Labute approximate surface area is 165 Å². The van der Waals surface area contributed by atoms with Crippen LogP contribution in [-0.4, -0.2) is 20.8 Å². The molecule has 0 amide bonds. The summed E-state index contributed by atoms with van der Waals surface area (Å²) in [6.07, 6.45) is 1.88. The van der Waals surface area contributed by atoms with Gasteiger partial charge in [-0.3, -0.25) is 0 Å². The lowest BCUT2D eigenvalue weighted by atomic mass is 9.89. The van der Waals surface area contributed by atoms with Crippen LogP contribution in [0.15, 0.2) is 60.7 Å². The van der Waals surface area contributed by atoms with Crippen LogP contribution in [0.5, 0.6) is 11.5 Å². The molecule has 3 aromatic rings. The molecule has 0 saturated carbocycles. The highest BCUT2D eigenvalue weighted by molar-refractivity contribution is 5.63. The van der Waals surface area contributed by atoms with Crippen molar-refractivity contribution in [3.05, 3.63) is 83.2 Å². The molecule has 0 radical (unpaired) electrons. The monoisotopic (exact) mass is 377 g/mol. The number of hydrogen-bond donors (Lipinski definition) is 1. The summed E-state index contributed by atoms with van der Waals surface area (Å²) in [6, 6.07) is 19.5. The first-order chi connectivity index (χ1) is 13.7. The van der Waals surface area contributed by atoms with E-state index in [1.54, 1.807) is 14.2 Å². The van der Waals surface area contributed by atoms with Crippen molar-refractivity contribution in [2.24, 2.45) is 0 Å². The molecule has 1 aliphatic heterocycles. The second-order valence-corrected chi connectivity index (χ2v) is 7.07. The highest BCUT2D eigenvalue weighted by atomic mass is 19.1. The maximum absolute atomic E-state index is 13.1. The first kappa shape index (κ1) is 18.5. The molecule has 28 heavy (non-hydrogen) atoms. The summed E-state index contributed by atoms with van der Waals surface area (Å²) in [7, 11) is 3.34. The van der Waals surface area contributed by atoms with Gasteiger partial charge < -0.3 is 14.8 Å². The van der Waals surface area contributed by atoms with Crippen LogP contribution in [0.2, 0.25) is 0 Å². The first-order valence-electron chi connectivity index (χ1n) is 9.51. The third-order valence-corrected chi connectivity index (χ3v) is 5.38. The molecule has 0 aromatic heterocycles. The smallest absolute Gasteiger partial charge is 0.161 e. The molecule has 0 spiro atoms.